The van der Waals surface area contributed by atoms with E-state index >= 15 is 0 Å². The molecule has 0 aliphatic rings. The summed E-state index contributed by atoms with van der Waals surface area (Å²) >= 11 is 0. The number of aryl methyl sites for hydroxylation is 4. The van der Waals surface area contributed by atoms with Crippen LogP contribution in [-0.4, -0.2) is 54.0 Å². The van der Waals surface area contributed by atoms with Crippen molar-refractivity contribution in [3.8, 4) is 79.4 Å². The number of rotatable bonds is 8. The second kappa shape index (κ2) is 17.1. The van der Waals surface area contributed by atoms with Gasteiger partial charge in [-0.3, -0.25) is 0 Å². The zero-order valence-corrected chi connectivity index (χ0v) is 39.8. The van der Waals surface area contributed by atoms with Crippen molar-refractivity contribution in [2.75, 3.05) is 0 Å². The van der Waals surface area contributed by atoms with Crippen molar-refractivity contribution in [3.63, 3.8) is 0 Å². The third kappa shape index (κ3) is 7.34. The van der Waals surface area contributed by atoms with Crippen LogP contribution in [0.15, 0.2) is 188 Å². The van der Waals surface area contributed by atoms with Gasteiger partial charge in [0, 0.05) is 55.0 Å². The number of fused-ring (bicyclic) bond motifs is 6. The molecule has 0 spiro atoms. The second-order valence-corrected chi connectivity index (χ2v) is 18.0. The molecular formula is C61H43N11. The number of aromatic nitrogens is 11. The average molecular weight is 930 g/mol. The predicted molar refractivity (Wildman–Crippen MR) is 287 cm³/mol. The van der Waals surface area contributed by atoms with Crippen LogP contribution in [0.3, 0.4) is 0 Å². The highest BCUT2D eigenvalue weighted by Gasteiger charge is 2.24. The third-order valence-corrected chi connectivity index (χ3v) is 13.2. The molecule has 5 aromatic heterocycles. The van der Waals surface area contributed by atoms with Gasteiger partial charge in [0.25, 0.3) is 0 Å². The topological polar surface area (TPSA) is 126 Å². The molecule has 5 heterocycles. The average Bonchev–Trinajstić information content (AvgIpc) is 3.93. The van der Waals surface area contributed by atoms with Crippen molar-refractivity contribution in [2.45, 2.75) is 27.7 Å². The molecule has 0 radical (unpaired) electrons. The van der Waals surface area contributed by atoms with Crippen LogP contribution in [0.4, 0.5) is 0 Å². The van der Waals surface area contributed by atoms with E-state index in [9.17, 15) is 0 Å². The first kappa shape index (κ1) is 42.5. The molecule has 342 valence electrons. The van der Waals surface area contributed by atoms with Gasteiger partial charge in [-0.25, -0.2) is 44.9 Å². The fourth-order valence-electron chi connectivity index (χ4n) is 10.2. The fraction of sp³-hybridized carbons (Fsp3) is 0.0656. The van der Waals surface area contributed by atoms with E-state index in [0.717, 1.165) is 93.9 Å². The Labute approximate surface area is 414 Å². The van der Waals surface area contributed by atoms with Gasteiger partial charge >= 0.3 is 0 Å². The molecule has 0 aliphatic heterocycles. The van der Waals surface area contributed by atoms with Crippen LogP contribution in [-0.2, 0) is 0 Å². The fourth-order valence-corrected chi connectivity index (χ4v) is 10.2. The van der Waals surface area contributed by atoms with Crippen molar-refractivity contribution in [2.24, 2.45) is 0 Å². The van der Waals surface area contributed by atoms with E-state index in [1.165, 1.54) is 0 Å². The molecule has 72 heavy (non-hydrogen) atoms. The molecule has 13 rings (SSSR count). The molecule has 13 aromatic rings. The number of para-hydroxylation sites is 2. The normalized spacial score (nSPS) is 11.6. The van der Waals surface area contributed by atoms with Gasteiger partial charge in [-0.15, -0.1) is 0 Å². The Morgan fingerprint density at radius 1 is 0.278 bits per heavy atom. The largest absolute Gasteiger partial charge is 0.309 e. The highest BCUT2D eigenvalue weighted by Crippen LogP contribution is 2.43. The molecule has 0 N–H and O–H groups in total. The number of hydrogen-bond acceptors (Lipinski definition) is 9. The molecule has 0 atom stereocenters. The zero-order valence-electron chi connectivity index (χ0n) is 39.8. The van der Waals surface area contributed by atoms with E-state index in [-0.39, 0.29) is 0 Å². The molecule has 0 unspecified atom stereocenters. The molecule has 11 nitrogen and oxygen atoms in total. The first-order valence-electron chi connectivity index (χ1n) is 23.9. The lowest BCUT2D eigenvalue weighted by atomic mass is 9.96. The summed E-state index contributed by atoms with van der Waals surface area (Å²) in [5, 5.41) is 4.32. The smallest absolute Gasteiger partial charge is 0.166 e. The minimum Gasteiger partial charge on any atom is -0.309 e. The third-order valence-electron chi connectivity index (χ3n) is 13.2. The Bertz CT molecular complexity index is 4050. The van der Waals surface area contributed by atoms with Crippen LogP contribution < -0.4 is 0 Å². The molecule has 0 aliphatic carbocycles. The van der Waals surface area contributed by atoms with Crippen molar-refractivity contribution in [3.05, 3.63) is 211 Å². The van der Waals surface area contributed by atoms with Gasteiger partial charge in [-0.05, 0) is 112 Å². The Hall–Kier alpha value is -9.61. The first-order valence-corrected chi connectivity index (χ1v) is 23.9. The molecule has 8 aromatic carbocycles. The minimum absolute atomic E-state index is 0.536. The van der Waals surface area contributed by atoms with Crippen molar-refractivity contribution >= 4 is 43.6 Å². The lowest BCUT2D eigenvalue weighted by Gasteiger charge is -2.17. The monoisotopic (exact) mass is 929 g/mol. The van der Waals surface area contributed by atoms with Gasteiger partial charge in [0.2, 0.25) is 0 Å². The Balaban J connectivity index is 1.12. The number of benzene rings is 8. The van der Waals surface area contributed by atoms with Crippen molar-refractivity contribution in [1.82, 2.24) is 54.0 Å². The minimum atomic E-state index is 0.536. The number of nitrogens with zero attached hydrogens (tertiary/aromatic N) is 11. The highest BCUT2D eigenvalue weighted by molar-refractivity contribution is 6.16. The summed E-state index contributed by atoms with van der Waals surface area (Å²) < 4.78 is 4.68. The standard InChI is InChI=1S/C61H43N11/c1-36-62-37(2)65-59(64-36)43-28-31-52-48(34-43)49-35-44(60-66-38(3)63-39(4)67-60)29-32-53(49)72(52)54-30-27-42(46-24-16-26-55-56(46)47-23-14-15-25-51(47)71(55)45-21-12-7-13-22-45)33-50(54)61-69-57(40-17-8-5-9-18-40)68-58(70-61)41-19-10-6-11-20-41/h5-35H,1-4H3. The Kier molecular flexibility index (Phi) is 10.1. The lowest BCUT2D eigenvalue weighted by Crippen LogP contribution is -2.04. The van der Waals surface area contributed by atoms with Crippen LogP contribution in [0.25, 0.3) is 123 Å². The maximum Gasteiger partial charge on any atom is 0.166 e. The van der Waals surface area contributed by atoms with E-state index < -0.39 is 0 Å². The van der Waals surface area contributed by atoms with E-state index in [0.29, 0.717) is 52.4 Å². The quantitative estimate of drug-likeness (QED) is 0.146. The summed E-state index contributed by atoms with van der Waals surface area (Å²) in [6, 6.07) is 65.6. The second-order valence-electron chi connectivity index (χ2n) is 18.0. The molecule has 0 amide bonds. The van der Waals surface area contributed by atoms with Crippen molar-refractivity contribution in [1.29, 1.82) is 0 Å². The Morgan fingerprint density at radius 2 is 0.736 bits per heavy atom. The van der Waals surface area contributed by atoms with Crippen LogP contribution in [0.2, 0.25) is 0 Å². The SMILES string of the molecule is Cc1nc(C)nc(-c2ccc3c(c2)c2cc(-c4nc(C)nc(C)n4)ccc2n3-c2ccc(-c3cccc4c3c3ccccc3n4-c3ccccc3)cc2-c2nc(-c3ccccc3)nc(-c3ccccc3)n2)n1. The summed E-state index contributed by atoms with van der Waals surface area (Å²) in [4.78, 5) is 43.9. The first-order chi connectivity index (χ1) is 35.3. The van der Waals surface area contributed by atoms with Gasteiger partial charge in [0.1, 0.15) is 23.3 Å². The van der Waals surface area contributed by atoms with Gasteiger partial charge in [-0.2, -0.15) is 0 Å². The van der Waals surface area contributed by atoms with Gasteiger partial charge in [-0.1, -0.05) is 115 Å². The molecule has 0 saturated heterocycles. The maximum atomic E-state index is 5.38. The van der Waals surface area contributed by atoms with Crippen molar-refractivity contribution < 1.29 is 0 Å². The van der Waals surface area contributed by atoms with E-state index in [1.807, 2.05) is 88.4 Å². The van der Waals surface area contributed by atoms with Gasteiger partial charge in [0.05, 0.1) is 27.8 Å². The molecular weight excluding hydrogens is 887 g/mol. The highest BCUT2D eigenvalue weighted by atomic mass is 15.1. The van der Waals surface area contributed by atoms with E-state index in [4.69, 9.17) is 34.9 Å². The van der Waals surface area contributed by atoms with Gasteiger partial charge < -0.3 is 9.13 Å². The Morgan fingerprint density at radius 3 is 1.31 bits per heavy atom. The summed E-state index contributed by atoms with van der Waals surface area (Å²) in [5.41, 5.74) is 12.7. The zero-order chi connectivity index (χ0) is 48.5. The van der Waals surface area contributed by atoms with Gasteiger partial charge in [0.15, 0.2) is 29.1 Å². The summed E-state index contributed by atoms with van der Waals surface area (Å²) in [7, 11) is 0. The molecule has 0 saturated carbocycles. The van der Waals surface area contributed by atoms with Crippen LogP contribution >= 0.6 is 0 Å². The summed E-state index contributed by atoms with van der Waals surface area (Å²) in [6.45, 7) is 7.59. The summed E-state index contributed by atoms with van der Waals surface area (Å²) in [5.74, 6) is 5.56. The molecule has 0 fully saturated rings. The lowest BCUT2D eigenvalue weighted by molar-refractivity contribution is 0.928. The van der Waals surface area contributed by atoms with Crippen LogP contribution in [0.1, 0.15) is 23.3 Å². The van der Waals surface area contributed by atoms with E-state index in [2.05, 4.69) is 146 Å². The van der Waals surface area contributed by atoms with Crippen LogP contribution in [0.5, 0.6) is 0 Å². The molecule has 11 heteroatoms. The maximum absolute atomic E-state index is 5.38. The predicted octanol–water partition coefficient (Wildman–Crippen LogP) is 13.7. The molecule has 0 bridgehead atoms. The number of hydrogen-bond donors (Lipinski definition) is 0. The van der Waals surface area contributed by atoms with E-state index in [1.54, 1.807) is 0 Å². The van der Waals surface area contributed by atoms with Crippen LogP contribution in [0, 0.1) is 27.7 Å². The summed E-state index contributed by atoms with van der Waals surface area (Å²) in [6.07, 6.45) is 0.